The van der Waals surface area contributed by atoms with E-state index >= 15 is 0 Å². The van der Waals surface area contributed by atoms with Crippen molar-refractivity contribution in [1.29, 1.82) is 0 Å². The summed E-state index contributed by atoms with van der Waals surface area (Å²) in [6.45, 7) is 1.84. The van der Waals surface area contributed by atoms with Crippen molar-refractivity contribution in [3.63, 3.8) is 0 Å². The lowest BCUT2D eigenvalue weighted by atomic mass is 10.1. The summed E-state index contributed by atoms with van der Waals surface area (Å²) in [6, 6.07) is 4.89. The Kier molecular flexibility index (Phi) is 3.71. The Hall–Kier alpha value is -0.740. The molecule has 0 spiro atoms. The fourth-order valence-corrected chi connectivity index (χ4v) is 2.59. The average molecular weight is 241 g/mol. The van der Waals surface area contributed by atoms with Gasteiger partial charge in [0.15, 0.2) is 10.7 Å². The van der Waals surface area contributed by atoms with Crippen LogP contribution in [0.4, 0.5) is 10.1 Å². The second-order valence-corrected chi connectivity index (χ2v) is 5.49. The second-order valence-electron chi connectivity index (χ2n) is 4.12. The van der Waals surface area contributed by atoms with Crippen LogP contribution in [0.2, 0.25) is 0 Å². The van der Waals surface area contributed by atoms with Crippen LogP contribution in [-0.4, -0.2) is 23.9 Å². The number of hydrogen-bond acceptors (Lipinski definition) is 2. The summed E-state index contributed by atoms with van der Waals surface area (Å²) in [5.74, 6) is -0.255. The maximum Gasteiger partial charge on any atom is 0.155 e. The Labute approximate surface area is 98.6 Å². The van der Waals surface area contributed by atoms with E-state index < -0.39 is 11.2 Å². The van der Waals surface area contributed by atoms with Crippen molar-refractivity contribution in [3.8, 4) is 0 Å². The minimum absolute atomic E-state index is 0.255. The van der Waals surface area contributed by atoms with E-state index in [2.05, 4.69) is 4.90 Å². The van der Waals surface area contributed by atoms with Gasteiger partial charge in [0.1, 0.15) is 6.26 Å². The topological polar surface area (TPSA) is 26.3 Å². The summed E-state index contributed by atoms with van der Waals surface area (Å²) < 4.78 is 25.0. The Morgan fingerprint density at radius 3 is 2.50 bits per heavy atom. The van der Waals surface area contributed by atoms with E-state index in [0.717, 1.165) is 25.9 Å². The maximum atomic E-state index is 13.8. The van der Waals surface area contributed by atoms with E-state index in [1.807, 2.05) is 0 Å². The second kappa shape index (κ2) is 5.06. The van der Waals surface area contributed by atoms with Gasteiger partial charge in [-0.1, -0.05) is 0 Å². The molecule has 88 valence electrons. The predicted molar refractivity (Wildman–Crippen MR) is 64.8 cm³/mol. The van der Waals surface area contributed by atoms with Crippen LogP contribution >= 0.6 is 0 Å². The van der Waals surface area contributed by atoms with Crippen LogP contribution < -0.4 is 4.90 Å². The lowest BCUT2D eigenvalue weighted by Gasteiger charge is -2.29. The average Bonchev–Trinajstić information content (AvgIpc) is 2.30. The molecular formula is C12H16FNOS. The van der Waals surface area contributed by atoms with Crippen LogP contribution in [0.5, 0.6) is 0 Å². The number of hydrogen-bond donors (Lipinski definition) is 0. The smallest absolute Gasteiger partial charge is 0.155 e. The van der Waals surface area contributed by atoms with Gasteiger partial charge in [-0.15, -0.1) is 0 Å². The van der Waals surface area contributed by atoms with Crippen molar-refractivity contribution in [3.05, 3.63) is 24.0 Å². The van der Waals surface area contributed by atoms with Gasteiger partial charge in [-0.25, -0.2) is 4.39 Å². The van der Waals surface area contributed by atoms with Gasteiger partial charge in [-0.3, -0.25) is 0 Å². The number of nitrogens with zero attached hydrogens (tertiary/aromatic N) is 1. The highest BCUT2D eigenvalue weighted by Gasteiger charge is 2.16. The molecule has 1 atom stereocenters. The fraction of sp³-hybridized carbons (Fsp3) is 0.500. The van der Waals surface area contributed by atoms with Gasteiger partial charge in [-0.2, -0.15) is 0 Å². The molecule has 1 aliphatic heterocycles. The van der Waals surface area contributed by atoms with Gasteiger partial charge in [0.2, 0.25) is 0 Å². The Balaban J connectivity index is 2.21. The van der Waals surface area contributed by atoms with E-state index in [1.54, 1.807) is 18.4 Å². The summed E-state index contributed by atoms with van der Waals surface area (Å²) in [7, 11) is 0. The highest BCUT2D eigenvalue weighted by atomic mass is 32.2. The van der Waals surface area contributed by atoms with Crippen molar-refractivity contribution in [1.82, 2.24) is 0 Å². The van der Waals surface area contributed by atoms with Crippen molar-refractivity contribution in [2.75, 3.05) is 24.2 Å². The normalized spacial score (nSPS) is 18.6. The minimum atomic E-state index is -1.11. The van der Waals surface area contributed by atoms with Gasteiger partial charge in [0.05, 0.1) is 5.69 Å². The van der Waals surface area contributed by atoms with Gasteiger partial charge >= 0.3 is 0 Å². The number of halogens is 1. The SMILES string of the molecule is C[S@@+]([O-])c1ccc(N2CCCCC2)c(F)c1. The van der Waals surface area contributed by atoms with Crippen molar-refractivity contribution >= 4 is 16.9 Å². The first-order valence-electron chi connectivity index (χ1n) is 5.56. The summed E-state index contributed by atoms with van der Waals surface area (Å²) in [6.07, 6.45) is 5.05. The first kappa shape index (κ1) is 11.7. The first-order valence-corrected chi connectivity index (χ1v) is 7.12. The molecule has 16 heavy (non-hydrogen) atoms. The molecule has 1 aromatic rings. The predicted octanol–water partition coefficient (Wildman–Crippen LogP) is 2.55. The van der Waals surface area contributed by atoms with Crippen LogP contribution in [0.1, 0.15) is 19.3 Å². The molecule has 0 aromatic heterocycles. The molecule has 4 heteroatoms. The molecule has 0 unspecified atom stereocenters. The zero-order chi connectivity index (χ0) is 11.5. The monoisotopic (exact) mass is 241 g/mol. The highest BCUT2D eigenvalue weighted by molar-refractivity contribution is 7.90. The molecule has 2 nitrogen and oxygen atoms in total. The molecule has 1 saturated heterocycles. The molecule has 1 aromatic carbocycles. The largest absolute Gasteiger partial charge is 0.612 e. The molecule has 0 aliphatic carbocycles. The van der Waals surface area contributed by atoms with Crippen LogP contribution in [0.25, 0.3) is 0 Å². The lowest BCUT2D eigenvalue weighted by Crippen LogP contribution is -2.30. The zero-order valence-electron chi connectivity index (χ0n) is 9.41. The summed E-state index contributed by atoms with van der Waals surface area (Å²) in [5, 5.41) is 0. The molecule has 0 bridgehead atoms. The third-order valence-electron chi connectivity index (χ3n) is 2.95. The third-order valence-corrected chi connectivity index (χ3v) is 3.87. The Bertz CT molecular complexity index is 364. The van der Waals surface area contributed by atoms with Gasteiger partial charge in [0.25, 0.3) is 0 Å². The number of benzene rings is 1. The van der Waals surface area contributed by atoms with E-state index in [0.29, 0.717) is 10.6 Å². The fourth-order valence-electron chi connectivity index (χ4n) is 2.06. The number of piperidine rings is 1. The van der Waals surface area contributed by atoms with Crippen molar-refractivity contribution in [2.45, 2.75) is 24.2 Å². The van der Waals surface area contributed by atoms with Crippen LogP contribution in [0.15, 0.2) is 23.1 Å². The molecular weight excluding hydrogens is 225 g/mol. The van der Waals surface area contributed by atoms with Crippen LogP contribution in [0, 0.1) is 5.82 Å². The van der Waals surface area contributed by atoms with E-state index in [4.69, 9.17) is 0 Å². The summed E-state index contributed by atoms with van der Waals surface area (Å²) in [4.78, 5) is 2.62. The number of anilines is 1. The van der Waals surface area contributed by atoms with E-state index in [-0.39, 0.29) is 5.82 Å². The number of rotatable bonds is 2. The van der Waals surface area contributed by atoms with Crippen molar-refractivity contribution < 1.29 is 8.94 Å². The molecule has 0 saturated carbocycles. The van der Waals surface area contributed by atoms with E-state index in [9.17, 15) is 8.94 Å². The first-order chi connectivity index (χ1) is 7.68. The Morgan fingerprint density at radius 2 is 1.94 bits per heavy atom. The lowest BCUT2D eigenvalue weighted by molar-refractivity contribution is 0.554. The summed E-state index contributed by atoms with van der Waals surface area (Å²) >= 11 is -1.11. The van der Waals surface area contributed by atoms with Gasteiger partial charge in [-0.05, 0) is 42.6 Å². The molecule has 1 heterocycles. The molecule has 0 N–H and O–H groups in total. The van der Waals surface area contributed by atoms with Crippen molar-refractivity contribution in [2.24, 2.45) is 0 Å². The zero-order valence-corrected chi connectivity index (χ0v) is 10.2. The maximum absolute atomic E-state index is 13.8. The van der Waals surface area contributed by atoms with Crippen LogP contribution in [-0.2, 0) is 11.2 Å². The van der Waals surface area contributed by atoms with Gasteiger partial charge < -0.3 is 9.45 Å². The highest BCUT2D eigenvalue weighted by Crippen LogP contribution is 2.25. The minimum Gasteiger partial charge on any atom is -0.612 e. The third kappa shape index (κ3) is 2.50. The quantitative estimate of drug-likeness (QED) is 0.744. The van der Waals surface area contributed by atoms with Crippen LogP contribution in [0.3, 0.4) is 0 Å². The van der Waals surface area contributed by atoms with E-state index in [1.165, 1.54) is 12.5 Å². The molecule has 2 rings (SSSR count). The Morgan fingerprint density at radius 1 is 1.25 bits per heavy atom. The molecule has 1 fully saturated rings. The summed E-state index contributed by atoms with van der Waals surface area (Å²) in [5.41, 5.74) is 0.647. The molecule has 0 amide bonds. The van der Waals surface area contributed by atoms with Gasteiger partial charge in [0, 0.05) is 19.2 Å². The molecule has 1 aliphatic rings. The standard InChI is InChI=1S/C12H16FNOS/c1-16(15)10-5-6-12(11(13)9-10)14-7-3-2-4-8-14/h5-6,9H,2-4,7-8H2,1H3/t16-/m1/s1. The molecule has 0 radical (unpaired) electrons.